The van der Waals surface area contributed by atoms with Gasteiger partial charge in [0.2, 0.25) is 11.8 Å². The van der Waals surface area contributed by atoms with Gasteiger partial charge in [-0.25, -0.2) is 0 Å². The van der Waals surface area contributed by atoms with Gasteiger partial charge in [0.1, 0.15) is 5.75 Å². The lowest BCUT2D eigenvalue weighted by Crippen LogP contribution is -2.26. The van der Waals surface area contributed by atoms with E-state index in [1.54, 1.807) is 7.11 Å². The van der Waals surface area contributed by atoms with Crippen LogP contribution >= 0.6 is 11.6 Å². The SMILES string of the molecule is CCCN(CCc1ccc(OC)cc1)Cc1nnc(-c2ccccc2Cl)o1. The minimum atomic E-state index is 0.460. The molecule has 0 atom stereocenters. The van der Waals surface area contributed by atoms with E-state index in [1.807, 2.05) is 36.4 Å². The number of aromatic nitrogens is 2. The summed E-state index contributed by atoms with van der Waals surface area (Å²) >= 11 is 6.22. The first-order chi connectivity index (χ1) is 13.2. The molecule has 3 rings (SSSR count). The van der Waals surface area contributed by atoms with Crippen molar-refractivity contribution in [2.24, 2.45) is 0 Å². The van der Waals surface area contributed by atoms with Crippen molar-refractivity contribution >= 4 is 11.6 Å². The fraction of sp³-hybridized carbons (Fsp3) is 0.333. The van der Waals surface area contributed by atoms with Crippen LogP contribution in [-0.4, -0.2) is 35.3 Å². The largest absolute Gasteiger partial charge is 0.497 e. The van der Waals surface area contributed by atoms with Gasteiger partial charge in [-0.15, -0.1) is 10.2 Å². The quantitative estimate of drug-likeness (QED) is 0.526. The molecule has 0 bridgehead atoms. The van der Waals surface area contributed by atoms with E-state index < -0.39 is 0 Å². The molecule has 0 aliphatic carbocycles. The van der Waals surface area contributed by atoms with Crippen LogP contribution < -0.4 is 4.74 Å². The molecular formula is C21H24ClN3O2. The lowest BCUT2D eigenvalue weighted by atomic mass is 10.1. The summed E-state index contributed by atoms with van der Waals surface area (Å²) in [5.74, 6) is 1.94. The second kappa shape index (κ2) is 9.53. The van der Waals surface area contributed by atoms with E-state index in [-0.39, 0.29) is 0 Å². The van der Waals surface area contributed by atoms with Crippen molar-refractivity contribution in [1.82, 2.24) is 15.1 Å². The topological polar surface area (TPSA) is 51.4 Å². The number of ether oxygens (including phenoxy) is 1. The molecule has 0 saturated carbocycles. The Morgan fingerprint density at radius 1 is 1.04 bits per heavy atom. The Labute approximate surface area is 164 Å². The normalized spacial score (nSPS) is 11.1. The van der Waals surface area contributed by atoms with Gasteiger partial charge in [0.25, 0.3) is 0 Å². The maximum absolute atomic E-state index is 6.22. The fourth-order valence-corrected chi connectivity index (χ4v) is 3.13. The summed E-state index contributed by atoms with van der Waals surface area (Å²) in [6, 6.07) is 15.7. The molecule has 5 nitrogen and oxygen atoms in total. The second-order valence-corrected chi connectivity index (χ2v) is 6.76. The molecule has 0 saturated heterocycles. The molecule has 0 unspecified atom stereocenters. The Hall–Kier alpha value is -2.37. The summed E-state index contributed by atoms with van der Waals surface area (Å²) in [5, 5.41) is 8.96. The average Bonchev–Trinajstić information content (AvgIpc) is 3.15. The van der Waals surface area contributed by atoms with Crippen LogP contribution in [0.15, 0.2) is 52.9 Å². The standard InChI is InChI=1S/C21H24ClN3O2/c1-3-13-25(14-12-16-8-10-17(26-2)11-9-16)15-20-23-24-21(27-20)18-6-4-5-7-19(18)22/h4-11H,3,12-15H2,1-2H3. The number of benzene rings is 2. The van der Waals surface area contributed by atoms with E-state index in [0.29, 0.717) is 23.3 Å². The van der Waals surface area contributed by atoms with E-state index in [1.165, 1.54) is 5.56 Å². The van der Waals surface area contributed by atoms with Crippen molar-refractivity contribution < 1.29 is 9.15 Å². The summed E-state index contributed by atoms with van der Waals surface area (Å²) in [6.45, 7) is 4.69. The lowest BCUT2D eigenvalue weighted by molar-refractivity contribution is 0.243. The first-order valence-corrected chi connectivity index (χ1v) is 9.50. The molecule has 2 aromatic carbocycles. The van der Waals surface area contributed by atoms with E-state index in [2.05, 4.69) is 34.2 Å². The third-order valence-corrected chi connectivity index (χ3v) is 4.68. The van der Waals surface area contributed by atoms with Gasteiger partial charge in [-0.2, -0.15) is 0 Å². The molecule has 0 fully saturated rings. The van der Waals surface area contributed by atoms with E-state index >= 15 is 0 Å². The zero-order chi connectivity index (χ0) is 19.1. The third kappa shape index (κ3) is 5.31. The maximum Gasteiger partial charge on any atom is 0.249 e. The molecule has 3 aromatic rings. The van der Waals surface area contributed by atoms with Gasteiger partial charge in [-0.05, 0) is 49.2 Å². The zero-order valence-corrected chi connectivity index (χ0v) is 16.4. The van der Waals surface area contributed by atoms with Crippen molar-refractivity contribution in [3.63, 3.8) is 0 Å². The molecule has 0 N–H and O–H groups in total. The fourth-order valence-electron chi connectivity index (χ4n) is 2.92. The van der Waals surface area contributed by atoms with E-state index in [0.717, 1.165) is 37.2 Å². The van der Waals surface area contributed by atoms with Gasteiger partial charge >= 0.3 is 0 Å². The van der Waals surface area contributed by atoms with Crippen LogP contribution in [0.2, 0.25) is 5.02 Å². The smallest absolute Gasteiger partial charge is 0.249 e. The van der Waals surface area contributed by atoms with E-state index in [9.17, 15) is 0 Å². The van der Waals surface area contributed by atoms with Crippen molar-refractivity contribution in [2.75, 3.05) is 20.2 Å². The summed E-state index contributed by atoms with van der Waals surface area (Å²) < 4.78 is 11.1. The molecule has 0 aliphatic heterocycles. The van der Waals surface area contributed by atoms with Crippen LogP contribution in [0.4, 0.5) is 0 Å². The van der Waals surface area contributed by atoms with Crippen molar-refractivity contribution in [2.45, 2.75) is 26.3 Å². The van der Waals surface area contributed by atoms with Crippen LogP contribution in [-0.2, 0) is 13.0 Å². The molecule has 6 heteroatoms. The minimum absolute atomic E-state index is 0.460. The highest BCUT2D eigenvalue weighted by atomic mass is 35.5. The average molecular weight is 386 g/mol. The molecule has 142 valence electrons. The molecule has 27 heavy (non-hydrogen) atoms. The highest BCUT2D eigenvalue weighted by Crippen LogP contribution is 2.26. The van der Waals surface area contributed by atoms with Crippen molar-refractivity contribution in [1.29, 1.82) is 0 Å². The monoisotopic (exact) mass is 385 g/mol. The van der Waals surface area contributed by atoms with Crippen LogP contribution in [0.25, 0.3) is 11.5 Å². The first kappa shape index (κ1) is 19.4. The summed E-state index contributed by atoms with van der Waals surface area (Å²) in [4.78, 5) is 2.33. The molecule has 0 aliphatic rings. The Morgan fingerprint density at radius 2 is 1.81 bits per heavy atom. The number of nitrogens with zero attached hydrogens (tertiary/aromatic N) is 3. The second-order valence-electron chi connectivity index (χ2n) is 6.36. The molecule has 0 amide bonds. The number of hydrogen-bond donors (Lipinski definition) is 0. The Bertz CT molecular complexity index is 849. The minimum Gasteiger partial charge on any atom is -0.497 e. The lowest BCUT2D eigenvalue weighted by Gasteiger charge is -2.19. The molecule has 0 radical (unpaired) electrons. The Balaban J connectivity index is 1.63. The van der Waals surface area contributed by atoms with Crippen LogP contribution in [0.5, 0.6) is 5.75 Å². The molecule has 1 aromatic heterocycles. The Morgan fingerprint density at radius 3 is 2.52 bits per heavy atom. The summed E-state index contributed by atoms with van der Waals surface area (Å²) in [6.07, 6.45) is 2.02. The van der Waals surface area contributed by atoms with Gasteiger partial charge in [0.15, 0.2) is 0 Å². The highest BCUT2D eigenvalue weighted by Gasteiger charge is 2.14. The molecular weight excluding hydrogens is 362 g/mol. The van der Waals surface area contributed by atoms with Gasteiger partial charge < -0.3 is 9.15 Å². The highest BCUT2D eigenvalue weighted by molar-refractivity contribution is 6.33. The maximum atomic E-state index is 6.22. The van der Waals surface area contributed by atoms with Gasteiger partial charge in [-0.3, -0.25) is 4.90 Å². The van der Waals surface area contributed by atoms with Gasteiger partial charge in [0, 0.05) is 6.54 Å². The summed E-state index contributed by atoms with van der Waals surface area (Å²) in [7, 11) is 1.68. The van der Waals surface area contributed by atoms with Crippen molar-refractivity contribution in [3.05, 3.63) is 65.0 Å². The van der Waals surface area contributed by atoms with E-state index in [4.69, 9.17) is 20.8 Å². The van der Waals surface area contributed by atoms with Crippen molar-refractivity contribution in [3.8, 4) is 17.2 Å². The van der Waals surface area contributed by atoms with Gasteiger partial charge in [0.05, 0.1) is 24.2 Å². The number of halogens is 1. The predicted octanol–water partition coefficient (Wildman–Crippen LogP) is 4.85. The van der Waals surface area contributed by atoms with Crippen LogP contribution in [0.1, 0.15) is 24.8 Å². The summed E-state index contributed by atoms with van der Waals surface area (Å²) in [5.41, 5.74) is 2.04. The number of rotatable bonds is 9. The Kier molecular flexibility index (Phi) is 6.85. The third-order valence-electron chi connectivity index (χ3n) is 4.35. The number of hydrogen-bond acceptors (Lipinski definition) is 5. The van der Waals surface area contributed by atoms with Crippen LogP contribution in [0.3, 0.4) is 0 Å². The zero-order valence-electron chi connectivity index (χ0n) is 15.7. The molecule has 0 spiro atoms. The predicted molar refractivity (Wildman–Crippen MR) is 107 cm³/mol. The van der Waals surface area contributed by atoms with Crippen LogP contribution in [0, 0.1) is 0 Å². The molecule has 1 heterocycles. The van der Waals surface area contributed by atoms with Gasteiger partial charge in [-0.1, -0.05) is 42.8 Å². The number of methoxy groups -OCH3 is 1. The first-order valence-electron chi connectivity index (χ1n) is 9.12.